The Morgan fingerprint density at radius 2 is 1.42 bits per heavy atom. The summed E-state index contributed by atoms with van der Waals surface area (Å²) < 4.78 is 29.5. The maximum atomic E-state index is 14.5. The molecule has 7 nitrogen and oxygen atoms in total. The number of carbonyl (C=O) groups excluding carboxylic acids is 2. The number of nitrogens with one attached hydrogen (secondary N) is 1. The summed E-state index contributed by atoms with van der Waals surface area (Å²) in [7, 11) is -4.21. The molecular weight excluding hydrogens is 629 g/mol. The first kappa shape index (κ1) is 34.0. The molecule has 0 saturated carbocycles. The van der Waals surface area contributed by atoms with Crippen LogP contribution in [0.15, 0.2) is 102 Å². The fourth-order valence-corrected chi connectivity index (χ4v) is 6.80. The molecule has 10 heteroatoms. The van der Waals surface area contributed by atoms with Gasteiger partial charge in [0.25, 0.3) is 10.0 Å². The molecule has 0 fully saturated rings. The minimum atomic E-state index is -4.21. The Morgan fingerprint density at radius 1 is 0.800 bits per heavy atom. The van der Waals surface area contributed by atoms with Crippen molar-refractivity contribution in [2.75, 3.05) is 10.8 Å². The maximum Gasteiger partial charge on any atom is 0.264 e. The smallest absolute Gasteiger partial charge is 0.264 e. The summed E-state index contributed by atoms with van der Waals surface area (Å²) in [6, 6.07) is 26.6. The number of anilines is 1. The van der Waals surface area contributed by atoms with Gasteiger partial charge in [0.05, 0.1) is 10.6 Å². The molecule has 236 valence electrons. The van der Waals surface area contributed by atoms with Crippen LogP contribution in [0.4, 0.5) is 5.69 Å². The Kier molecular flexibility index (Phi) is 11.3. The maximum absolute atomic E-state index is 14.5. The quantitative estimate of drug-likeness (QED) is 0.177. The fourth-order valence-electron chi connectivity index (χ4n) is 4.97. The van der Waals surface area contributed by atoms with E-state index < -0.39 is 28.5 Å². The van der Waals surface area contributed by atoms with Crippen LogP contribution in [0.1, 0.15) is 36.1 Å². The van der Waals surface area contributed by atoms with Crippen LogP contribution >= 0.6 is 23.2 Å². The number of carbonyl (C=O) groups is 2. The van der Waals surface area contributed by atoms with Crippen molar-refractivity contribution in [3.05, 3.63) is 129 Å². The van der Waals surface area contributed by atoms with Gasteiger partial charge in [-0.3, -0.25) is 13.9 Å². The molecule has 0 radical (unpaired) electrons. The molecule has 0 aliphatic rings. The van der Waals surface area contributed by atoms with Crippen molar-refractivity contribution >= 4 is 50.7 Å². The lowest BCUT2D eigenvalue weighted by Crippen LogP contribution is -2.54. The molecule has 45 heavy (non-hydrogen) atoms. The number of amides is 2. The first-order chi connectivity index (χ1) is 21.3. The zero-order chi connectivity index (χ0) is 32.7. The van der Waals surface area contributed by atoms with Crippen molar-refractivity contribution in [1.29, 1.82) is 0 Å². The highest BCUT2D eigenvalue weighted by molar-refractivity contribution is 7.92. The minimum absolute atomic E-state index is 0.0397. The summed E-state index contributed by atoms with van der Waals surface area (Å²) in [6.07, 6.45) is 0.226. The van der Waals surface area contributed by atoms with E-state index >= 15 is 0 Å². The molecule has 1 atom stereocenters. The molecule has 0 saturated heterocycles. The molecule has 4 aromatic rings. The Bertz CT molecular complexity index is 1730. The number of sulfonamides is 1. The van der Waals surface area contributed by atoms with Gasteiger partial charge in [-0.05, 0) is 86.8 Å². The summed E-state index contributed by atoms with van der Waals surface area (Å²) >= 11 is 12.4. The van der Waals surface area contributed by atoms with Gasteiger partial charge in [0.15, 0.2) is 0 Å². The Balaban J connectivity index is 1.82. The SMILES string of the molecule is Cc1ccc(S(=O)(=O)N(CC(=O)N(Cc2ccc(Cl)cc2)[C@@H](Cc2ccccc2)C(=O)NC(C)C)c2ccc(Cl)cc2C)cc1. The molecule has 0 heterocycles. The topological polar surface area (TPSA) is 86.8 Å². The summed E-state index contributed by atoms with van der Waals surface area (Å²) in [5.74, 6) is -0.887. The van der Waals surface area contributed by atoms with Crippen LogP contribution in [0.2, 0.25) is 10.0 Å². The number of benzene rings is 4. The van der Waals surface area contributed by atoms with Gasteiger partial charge in [0.2, 0.25) is 11.8 Å². The van der Waals surface area contributed by atoms with Gasteiger partial charge < -0.3 is 10.2 Å². The van der Waals surface area contributed by atoms with E-state index in [-0.39, 0.29) is 29.8 Å². The van der Waals surface area contributed by atoms with Gasteiger partial charge >= 0.3 is 0 Å². The Morgan fingerprint density at radius 3 is 2.02 bits per heavy atom. The van der Waals surface area contributed by atoms with Crippen molar-refractivity contribution in [2.45, 2.75) is 57.6 Å². The Hall–Kier alpha value is -3.85. The second-order valence-electron chi connectivity index (χ2n) is 11.3. The largest absolute Gasteiger partial charge is 0.352 e. The van der Waals surface area contributed by atoms with E-state index in [1.807, 2.05) is 51.1 Å². The average Bonchev–Trinajstić information content (AvgIpc) is 2.99. The highest BCUT2D eigenvalue weighted by atomic mass is 35.5. The minimum Gasteiger partial charge on any atom is -0.352 e. The summed E-state index contributed by atoms with van der Waals surface area (Å²) in [5.41, 5.74) is 3.37. The first-order valence-corrected chi connectivity index (χ1v) is 16.8. The number of hydrogen-bond acceptors (Lipinski definition) is 4. The van der Waals surface area contributed by atoms with Crippen LogP contribution in [0, 0.1) is 13.8 Å². The second-order valence-corrected chi connectivity index (χ2v) is 14.0. The van der Waals surface area contributed by atoms with Crippen molar-refractivity contribution < 1.29 is 18.0 Å². The van der Waals surface area contributed by atoms with Crippen LogP contribution < -0.4 is 9.62 Å². The number of hydrogen-bond donors (Lipinski definition) is 1. The van der Waals surface area contributed by atoms with E-state index in [0.717, 1.165) is 21.0 Å². The molecule has 0 spiro atoms. The zero-order valence-corrected chi connectivity index (χ0v) is 28.0. The molecule has 4 aromatic carbocycles. The van der Waals surface area contributed by atoms with E-state index in [1.54, 1.807) is 61.5 Å². The highest BCUT2D eigenvalue weighted by Crippen LogP contribution is 2.30. The van der Waals surface area contributed by atoms with Crippen LogP contribution in [0.3, 0.4) is 0 Å². The third kappa shape index (κ3) is 8.87. The van der Waals surface area contributed by atoms with Crippen molar-refractivity contribution in [3.8, 4) is 0 Å². The molecule has 0 aliphatic heterocycles. The lowest BCUT2D eigenvalue weighted by molar-refractivity contribution is -0.140. The van der Waals surface area contributed by atoms with Gasteiger partial charge in [-0.15, -0.1) is 0 Å². The number of nitrogens with zero attached hydrogens (tertiary/aromatic N) is 2. The van der Waals surface area contributed by atoms with E-state index in [1.165, 1.54) is 17.0 Å². The third-order valence-electron chi connectivity index (χ3n) is 7.28. The molecule has 0 unspecified atom stereocenters. The van der Waals surface area contributed by atoms with E-state index in [2.05, 4.69) is 5.32 Å². The van der Waals surface area contributed by atoms with E-state index in [0.29, 0.717) is 21.3 Å². The summed E-state index contributed by atoms with van der Waals surface area (Å²) in [6.45, 7) is 6.81. The van der Waals surface area contributed by atoms with Gasteiger partial charge in [-0.1, -0.05) is 83.4 Å². The fraction of sp³-hybridized carbons (Fsp3) is 0.257. The van der Waals surface area contributed by atoms with Crippen molar-refractivity contribution in [3.63, 3.8) is 0 Å². The van der Waals surface area contributed by atoms with Gasteiger partial charge in [0, 0.05) is 29.1 Å². The molecule has 1 N–H and O–H groups in total. The normalized spacial score (nSPS) is 12.1. The molecular formula is C35H37Cl2N3O4S. The first-order valence-electron chi connectivity index (χ1n) is 14.6. The predicted molar refractivity (Wildman–Crippen MR) is 181 cm³/mol. The molecule has 0 aromatic heterocycles. The molecule has 4 rings (SSSR count). The zero-order valence-electron chi connectivity index (χ0n) is 25.7. The van der Waals surface area contributed by atoms with Crippen LogP contribution in [-0.2, 0) is 32.6 Å². The second kappa shape index (κ2) is 15.0. The highest BCUT2D eigenvalue weighted by Gasteiger charge is 2.35. The van der Waals surface area contributed by atoms with Crippen LogP contribution in [0.5, 0.6) is 0 Å². The number of rotatable bonds is 12. The average molecular weight is 667 g/mol. The van der Waals surface area contributed by atoms with Crippen LogP contribution in [-0.4, -0.2) is 43.8 Å². The Labute approximate surface area is 275 Å². The van der Waals surface area contributed by atoms with E-state index in [9.17, 15) is 18.0 Å². The van der Waals surface area contributed by atoms with Crippen LogP contribution in [0.25, 0.3) is 0 Å². The molecule has 2 amide bonds. The number of aryl methyl sites for hydroxylation is 2. The predicted octanol–water partition coefficient (Wildman–Crippen LogP) is 6.97. The third-order valence-corrected chi connectivity index (χ3v) is 9.54. The van der Waals surface area contributed by atoms with Gasteiger partial charge in [0.1, 0.15) is 12.6 Å². The standard InChI is InChI=1S/C35H37Cl2N3O4S/c1-24(2)38-35(42)33(21-27-8-6-5-7-9-27)39(22-28-12-14-29(36)15-13-28)34(41)23-40(32-19-16-30(37)20-26(32)4)45(43,44)31-17-10-25(3)11-18-31/h5-20,24,33H,21-23H2,1-4H3,(H,38,42)/t33-/m0/s1. The molecule has 0 bridgehead atoms. The van der Waals surface area contributed by atoms with Gasteiger partial charge in [-0.25, -0.2) is 8.42 Å². The number of halogens is 2. The summed E-state index contributed by atoms with van der Waals surface area (Å²) in [4.78, 5) is 29.8. The van der Waals surface area contributed by atoms with Gasteiger partial charge in [-0.2, -0.15) is 0 Å². The lowest BCUT2D eigenvalue weighted by Gasteiger charge is -2.34. The summed E-state index contributed by atoms with van der Waals surface area (Å²) in [5, 5.41) is 3.92. The monoisotopic (exact) mass is 665 g/mol. The lowest BCUT2D eigenvalue weighted by atomic mass is 10.0. The van der Waals surface area contributed by atoms with E-state index in [4.69, 9.17) is 23.2 Å². The van der Waals surface area contributed by atoms with Crippen molar-refractivity contribution in [2.24, 2.45) is 0 Å². The molecule has 0 aliphatic carbocycles. The van der Waals surface area contributed by atoms with Crippen molar-refractivity contribution in [1.82, 2.24) is 10.2 Å².